The number of hydrogen-bond donors (Lipinski definition) is 2. The van der Waals surface area contributed by atoms with E-state index in [-0.39, 0.29) is 5.92 Å². The van der Waals surface area contributed by atoms with Crippen molar-refractivity contribution < 1.29 is 9.90 Å². The van der Waals surface area contributed by atoms with Crippen molar-refractivity contribution in [3.63, 3.8) is 0 Å². The first-order valence-corrected chi connectivity index (χ1v) is 5.61. The fourth-order valence-corrected chi connectivity index (χ4v) is 2.08. The third kappa shape index (κ3) is 4.35. The van der Waals surface area contributed by atoms with Crippen molar-refractivity contribution in [2.75, 3.05) is 13.1 Å². The van der Waals surface area contributed by atoms with E-state index in [1.165, 1.54) is 0 Å². The van der Waals surface area contributed by atoms with E-state index in [9.17, 15) is 4.79 Å². The maximum absolute atomic E-state index is 10.7. The Kier molecular flexibility index (Phi) is 5.20. The molecule has 1 fully saturated rings. The summed E-state index contributed by atoms with van der Waals surface area (Å²) in [4.78, 5) is 10.7. The third-order valence-electron chi connectivity index (χ3n) is 3.08. The van der Waals surface area contributed by atoms with E-state index in [1.807, 2.05) is 0 Å². The number of nitrogens with one attached hydrogen (secondary N) is 1. The first kappa shape index (κ1) is 12.1. The van der Waals surface area contributed by atoms with E-state index >= 15 is 0 Å². The van der Waals surface area contributed by atoms with Crippen LogP contribution in [-0.4, -0.2) is 24.2 Å². The van der Waals surface area contributed by atoms with Gasteiger partial charge in [-0.3, -0.25) is 4.79 Å². The molecule has 15 heavy (non-hydrogen) atoms. The number of aliphatic carboxylic acids is 1. The van der Waals surface area contributed by atoms with Crippen molar-refractivity contribution in [3.05, 3.63) is 0 Å². The van der Waals surface area contributed by atoms with Crippen molar-refractivity contribution in [1.29, 1.82) is 0 Å². The molecular formula is C12H19NO2. The van der Waals surface area contributed by atoms with E-state index in [0.29, 0.717) is 5.92 Å². The molecule has 0 spiro atoms. The van der Waals surface area contributed by atoms with Crippen molar-refractivity contribution in [1.82, 2.24) is 5.32 Å². The summed E-state index contributed by atoms with van der Waals surface area (Å²) in [5, 5.41) is 12.1. The van der Waals surface area contributed by atoms with Gasteiger partial charge in [-0.2, -0.15) is 0 Å². The van der Waals surface area contributed by atoms with Gasteiger partial charge in [0.05, 0.1) is 5.92 Å². The second-order valence-electron chi connectivity index (χ2n) is 4.21. The Morgan fingerprint density at radius 2 is 2.07 bits per heavy atom. The van der Waals surface area contributed by atoms with Gasteiger partial charge in [0.15, 0.2) is 0 Å². The van der Waals surface area contributed by atoms with Crippen LogP contribution in [0.3, 0.4) is 0 Å². The number of rotatable bonds is 5. The lowest BCUT2D eigenvalue weighted by molar-refractivity contribution is -0.143. The van der Waals surface area contributed by atoms with Crippen LogP contribution < -0.4 is 5.32 Å². The highest BCUT2D eigenvalue weighted by Crippen LogP contribution is 2.28. The quantitative estimate of drug-likeness (QED) is 0.533. The molecular weight excluding hydrogens is 190 g/mol. The highest BCUT2D eigenvalue weighted by Gasteiger charge is 2.25. The van der Waals surface area contributed by atoms with Gasteiger partial charge < -0.3 is 10.4 Å². The molecule has 0 aromatic heterocycles. The van der Waals surface area contributed by atoms with Gasteiger partial charge in [0.1, 0.15) is 0 Å². The molecule has 0 saturated heterocycles. The fraction of sp³-hybridized carbons (Fsp3) is 0.750. The van der Waals surface area contributed by atoms with Gasteiger partial charge in [0.25, 0.3) is 0 Å². The van der Waals surface area contributed by atoms with E-state index in [2.05, 4.69) is 11.2 Å². The summed E-state index contributed by atoms with van der Waals surface area (Å²) in [6, 6.07) is 0. The topological polar surface area (TPSA) is 49.3 Å². The zero-order chi connectivity index (χ0) is 11.1. The Hall–Kier alpha value is -1.01. The maximum Gasteiger partial charge on any atom is 0.306 e. The van der Waals surface area contributed by atoms with Crippen LogP contribution in [0.1, 0.15) is 32.1 Å². The molecule has 1 aliphatic carbocycles. The minimum absolute atomic E-state index is 0.105. The Bertz CT molecular complexity index is 236. The number of carbonyl (C=O) groups is 1. The zero-order valence-electron chi connectivity index (χ0n) is 9.04. The number of carboxylic acid groups (broad SMARTS) is 1. The molecule has 1 aliphatic rings. The molecule has 0 amide bonds. The third-order valence-corrected chi connectivity index (χ3v) is 3.08. The van der Waals surface area contributed by atoms with Crippen molar-refractivity contribution >= 4 is 5.97 Å². The lowest BCUT2D eigenvalue weighted by Crippen LogP contribution is -2.29. The van der Waals surface area contributed by atoms with Crippen LogP contribution in [0.4, 0.5) is 0 Å². The SMILES string of the molecule is C#CCCNCC1CCC(C(=O)O)CC1. The van der Waals surface area contributed by atoms with Crippen molar-refractivity contribution in [3.8, 4) is 12.3 Å². The molecule has 2 N–H and O–H groups in total. The van der Waals surface area contributed by atoms with Gasteiger partial charge in [-0.25, -0.2) is 0 Å². The summed E-state index contributed by atoms with van der Waals surface area (Å²) in [5.41, 5.74) is 0. The molecule has 0 bridgehead atoms. The standard InChI is InChI=1S/C12H19NO2/c1-2-3-8-13-9-10-4-6-11(7-5-10)12(14)15/h1,10-11,13H,3-9H2,(H,14,15). The monoisotopic (exact) mass is 209 g/mol. The van der Waals surface area contributed by atoms with Crippen LogP contribution in [0.25, 0.3) is 0 Å². The maximum atomic E-state index is 10.7. The number of carboxylic acids is 1. The largest absolute Gasteiger partial charge is 0.481 e. The normalized spacial score (nSPS) is 25.8. The molecule has 1 saturated carbocycles. The average Bonchev–Trinajstić information content (AvgIpc) is 2.25. The second kappa shape index (κ2) is 6.47. The lowest BCUT2D eigenvalue weighted by atomic mass is 9.82. The smallest absolute Gasteiger partial charge is 0.306 e. The van der Waals surface area contributed by atoms with Gasteiger partial charge in [-0.1, -0.05) is 0 Å². The molecule has 0 aromatic rings. The Labute approximate surface area is 91.3 Å². The molecule has 1 rings (SSSR count). The van der Waals surface area contributed by atoms with Crippen LogP contribution in [0, 0.1) is 24.2 Å². The summed E-state index contributed by atoms with van der Waals surface area (Å²) in [6.07, 6.45) is 9.63. The minimum atomic E-state index is -0.631. The molecule has 0 aromatic carbocycles. The lowest BCUT2D eigenvalue weighted by Gasteiger charge is -2.26. The second-order valence-corrected chi connectivity index (χ2v) is 4.21. The highest BCUT2D eigenvalue weighted by molar-refractivity contribution is 5.69. The highest BCUT2D eigenvalue weighted by atomic mass is 16.4. The van der Waals surface area contributed by atoms with E-state index in [4.69, 9.17) is 11.5 Å². The summed E-state index contributed by atoms with van der Waals surface area (Å²) >= 11 is 0. The first-order valence-electron chi connectivity index (χ1n) is 5.61. The summed E-state index contributed by atoms with van der Waals surface area (Å²) in [5.74, 6) is 2.49. The molecule has 0 radical (unpaired) electrons. The van der Waals surface area contributed by atoms with Crippen LogP contribution in [-0.2, 0) is 4.79 Å². The van der Waals surface area contributed by atoms with Gasteiger partial charge in [-0.05, 0) is 38.1 Å². The fourth-order valence-electron chi connectivity index (χ4n) is 2.08. The molecule has 3 heteroatoms. The van der Waals surface area contributed by atoms with Crippen LogP contribution >= 0.6 is 0 Å². The van der Waals surface area contributed by atoms with Crippen molar-refractivity contribution in [2.24, 2.45) is 11.8 Å². The van der Waals surface area contributed by atoms with E-state index < -0.39 is 5.97 Å². The predicted octanol–water partition coefficient (Wildman–Crippen LogP) is 1.49. The molecule has 0 aliphatic heterocycles. The van der Waals surface area contributed by atoms with E-state index in [1.54, 1.807) is 0 Å². The van der Waals surface area contributed by atoms with Crippen molar-refractivity contribution in [2.45, 2.75) is 32.1 Å². The van der Waals surface area contributed by atoms with E-state index in [0.717, 1.165) is 45.2 Å². The van der Waals surface area contributed by atoms with Crippen LogP contribution in [0.2, 0.25) is 0 Å². The minimum Gasteiger partial charge on any atom is -0.481 e. The summed E-state index contributed by atoms with van der Waals surface area (Å²) < 4.78 is 0. The predicted molar refractivity (Wildman–Crippen MR) is 59.4 cm³/mol. The van der Waals surface area contributed by atoms with Gasteiger partial charge in [0, 0.05) is 13.0 Å². The van der Waals surface area contributed by atoms with Crippen LogP contribution in [0.5, 0.6) is 0 Å². The molecule has 84 valence electrons. The average molecular weight is 209 g/mol. The summed E-state index contributed by atoms with van der Waals surface area (Å²) in [7, 11) is 0. The zero-order valence-corrected chi connectivity index (χ0v) is 9.04. The van der Waals surface area contributed by atoms with Gasteiger partial charge >= 0.3 is 5.97 Å². The first-order chi connectivity index (χ1) is 7.24. The van der Waals surface area contributed by atoms with Gasteiger partial charge in [0.2, 0.25) is 0 Å². The Balaban J connectivity index is 2.10. The molecule has 3 nitrogen and oxygen atoms in total. The molecule has 0 unspecified atom stereocenters. The number of hydrogen-bond acceptors (Lipinski definition) is 2. The molecule has 0 heterocycles. The number of terminal acetylenes is 1. The Morgan fingerprint density at radius 3 is 2.60 bits per heavy atom. The van der Waals surface area contributed by atoms with Gasteiger partial charge in [-0.15, -0.1) is 12.3 Å². The van der Waals surface area contributed by atoms with Crippen LogP contribution in [0.15, 0.2) is 0 Å². The Morgan fingerprint density at radius 1 is 1.40 bits per heavy atom. The molecule has 0 atom stereocenters. The summed E-state index contributed by atoms with van der Waals surface area (Å²) in [6.45, 7) is 1.85.